The highest BCUT2D eigenvalue weighted by Crippen LogP contribution is 2.35. The molecule has 2 saturated heterocycles. The largest absolute Gasteiger partial charge is 0.455 e. The first-order chi connectivity index (χ1) is 21.0. The zero-order valence-corrected chi connectivity index (χ0v) is 26.3. The molecule has 0 unspecified atom stereocenters. The van der Waals surface area contributed by atoms with Crippen LogP contribution in [0, 0.1) is 11.3 Å². The van der Waals surface area contributed by atoms with Crippen LogP contribution in [-0.4, -0.2) is 83.4 Å². The summed E-state index contributed by atoms with van der Waals surface area (Å²) in [6, 6.07) is 7.31. The van der Waals surface area contributed by atoms with Crippen LogP contribution in [-0.2, 0) is 23.9 Å². The Labute approximate surface area is 258 Å². The number of likely N-dealkylation sites (tertiary alicyclic amines) is 1. The number of carbonyl (C=O) groups is 4. The van der Waals surface area contributed by atoms with Crippen LogP contribution in [0.15, 0.2) is 36.4 Å². The fraction of sp³-hybridized carbons (Fsp3) is 0.545. The van der Waals surface area contributed by atoms with Gasteiger partial charge in [0.25, 0.3) is 5.91 Å². The van der Waals surface area contributed by atoms with E-state index in [1.54, 1.807) is 13.8 Å². The maximum Gasteiger partial charge on any atom is 0.325 e. The SMILES string of the molecule is CC(C)[C@@H]1NC(=O)C2(/C=C/c3ccc4ccc(nc4c3)[C@@H](C)OC(=O)[C@@H]3CCCN(N3)C(=O)[C@H](C)NC1=O)CCN(C)CC2. The maximum absolute atomic E-state index is 14.0. The highest BCUT2D eigenvalue weighted by Gasteiger charge is 2.41. The van der Waals surface area contributed by atoms with Crippen molar-refractivity contribution < 1.29 is 23.9 Å². The molecule has 3 aliphatic heterocycles. The Morgan fingerprint density at radius 2 is 1.73 bits per heavy atom. The molecule has 1 spiro atoms. The van der Waals surface area contributed by atoms with Gasteiger partial charge < -0.3 is 20.3 Å². The molecule has 0 saturated carbocycles. The lowest BCUT2D eigenvalue weighted by Gasteiger charge is -2.39. The molecule has 5 bridgehead atoms. The number of carbonyl (C=O) groups excluding carboxylic acids is 4. The molecule has 0 aliphatic carbocycles. The Morgan fingerprint density at radius 3 is 2.45 bits per heavy atom. The molecule has 11 nitrogen and oxygen atoms in total. The molecule has 1 aromatic heterocycles. The second-order valence-electron chi connectivity index (χ2n) is 12.8. The molecule has 44 heavy (non-hydrogen) atoms. The Kier molecular flexibility index (Phi) is 9.36. The Morgan fingerprint density at radius 1 is 1.00 bits per heavy atom. The van der Waals surface area contributed by atoms with Gasteiger partial charge in [-0.25, -0.2) is 10.4 Å². The van der Waals surface area contributed by atoms with Crippen LogP contribution in [0.3, 0.4) is 0 Å². The zero-order valence-electron chi connectivity index (χ0n) is 26.3. The maximum atomic E-state index is 14.0. The number of piperidine rings is 1. The van der Waals surface area contributed by atoms with Crippen LogP contribution in [0.1, 0.15) is 70.7 Å². The number of nitrogens with one attached hydrogen (secondary N) is 3. The average molecular weight is 605 g/mol. The molecule has 4 heterocycles. The number of ether oxygens (including phenoxy) is 1. The Hall–Kier alpha value is -3.83. The molecular weight excluding hydrogens is 560 g/mol. The van der Waals surface area contributed by atoms with Crippen molar-refractivity contribution in [2.24, 2.45) is 11.3 Å². The number of hydrazine groups is 1. The quantitative estimate of drug-likeness (QED) is 0.424. The number of fused-ring (bicyclic) bond motifs is 4. The summed E-state index contributed by atoms with van der Waals surface area (Å²) in [5.41, 5.74) is 4.45. The summed E-state index contributed by atoms with van der Waals surface area (Å²) in [7, 11) is 2.04. The van der Waals surface area contributed by atoms with Crippen molar-refractivity contribution in [2.45, 2.75) is 77.6 Å². The summed E-state index contributed by atoms with van der Waals surface area (Å²) >= 11 is 0. The molecular formula is C33H44N6O5. The molecule has 236 valence electrons. The van der Waals surface area contributed by atoms with Gasteiger partial charge in [-0.05, 0) is 83.3 Å². The second-order valence-corrected chi connectivity index (χ2v) is 12.8. The number of rotatable bonds is 1. The van der Waals surface area contributed by atoms with Crippen LogP contribution in [0.5, 0.6) is 0 Å². The van der Waals surface area contributed by atoms with Crippen molar-refractivity contribution in [1.29, 1.82) is 0 Å². The van der Waals surface area contributed by atoms with Crippen molar-refractivity contribution in [3.8, 4) is 0 Å². The first-order valence-electron chi connectivity index (χ1n) is 15.6. The van der Waals surface area contributed by atoms with Gasteiger partial charge in [-0.2, -0.15) is 0 Å². The zero-order chi connectivity index (χ0) is 31.6. The second kappa shape index (κ2) is 13.0. The van der Waals surface area contributed by atoms with E-state index in [1.807, 2.05) is 63.4 Å². The number of hydrogen-bond acceptors (Lipinski definition) is 8. The van der Waals surface area contributed by atoms with E-state index in [9.17, 15) is 19.2 Å². The number of amides is 3. The number of pyridine rings is 1. The molecule has 4 atom stereocenters. The lowest BCUT2D eigenvalue weighted by atomic mass is 9.76. The monoisotopic (exact) mass is 604 g/mol. The number of hydrogen-bond donors (Lipinski definition) is 3. The van der Waals surface area contributed by atoms with E-state index in [4.69, 9.17) is 9.72 Å². The first kappa shape index (κ1) is 31.6. The average Bonchev–Trinajstić information content (AvgIpc) is 3.01. The molecule has 1 aromatic carbocycles. The van der Waals surface area contributed by atoms with Gasteiger partial charge in [0.2, 0.25) is 11.8 Å². The van der Waals surface area contributed by atoms with E-state index in [2.05, 4.69) is 21.0 Å². The lowest BCUT2D eigenvalue weighted by molar-refractivity contribution is -0.157. The van der Waals surface area contributed by atoms with Crippen LogP contribution in [0.2, 0.25) is 0 Å². The molecule has 3 aliphatic rings. The topological polar surface area (TPSA) is 133 Å². The Balaban J connectivity index is 1.53. The number of aromatic nitrogens is 1. The van der Waals surface area contributed by atoms with Gasteiger partial charge in [0.1, 0.15) is 24.2 Å². The first-order valence-corrected chi connectivity index (χ1v) is 15.6. The van der Waals surface area contributed by atoms with Crippen molar-refractivity contribution in [3.63, 3.8) is 0 Å². The normalized spacial score (nSPS) is 28.1. The van der Waals surface area contributed by atoms with Gasteiger partial charge >= 0.3 is 5.97 Å². The highest BCUT2D eigenvalue weighted by molar-refractivity contribution is 5.94. The van der Waals surface area contributed by atoms with E-state index >= 15 is 0 Å². The van der Waals surface area contributed by atoms with Gasteiger partial charge in [-0.1, -0.05) is 44.2 Å². The molecule has 5 rings (SSSR count). The number of benzene rings is 1. The highest BCUT2D eigenvalue weighted by atomic mass is 16.5. The van der Waals surface area contributed by atoms with Crippen molar-refractivity contribution in [1.82, 2.24) is 31.0 Å². The van der Waals surface area contributed by atoms with E-state index in [0.717, 1.165) is 29.6 Å². The molecule has 2 aromatic rings. The standard InChI is InChI=1S/C33H44N6O5/c1-20(2)28-29(40)34-21(3)30(41)39-16-6-7-26(37-39)31(42)44-22(4)25-11-10-24-9-8-23(19-27(24)35-25)12-13-33(32(43)36-28)14-17-38(5)18-15-33/h8-13,19-22,26,28,37H,6-7,14-18H2,1-5H3,(H,34,40)(H,36,43)/b13-12+/t21-,22+,26-,28-/m0/s1. The van der Waals surface area contributed by atoms with Crippen LogP contribution < -0.4 is 16.1 Å². The molecule has 3 amide bonds. The summed E-state index contributed by atoms with van der Waals surface area (Å²) in [5.74, 6) is -1.69. The summed E-state index contributed by atoms with van der Waals surface area (Å²) in [4.78, 5) is 61.0. The Bertz CT molecular complexity index is 1450. The minimum absolute atomic E-state index is 0.202. The van der Waals surface area contributed by atoms with Gasteiger partial charge in [0.05, 0.1) is 16.6 Å². The van der Waals surface area contributed by atoms with Crippen molar-refractivity contribution in [2.75, 3.05) is 26.7 Å². The third-order valence-corrected chi connectivity index (χ3v) is 9.08. The van der Waals surface area contributed by atoms with Crippen molar-refractivity contribution in [3.05, 3.63) is 47.7 Å². The number of cyclic esters (lactones) is 1. The minimum atomic E-state index is -0.879. The third-order valence-electron chi connectivity index (χ3n) is 9.08. The number of nitrogens with zero attached hydrogens (tertiary/aromatic N) is 3. The molecule has 3 N–H and O–H groups in total. The van der Waals surface area contributed by atoms with Gasteiger partial charge in [-0.15, -0.1) is 0 Å². The van der Waals surface area contributed by atoms with Crippen LogP contribution in [0.25, 0.3) is 17.0 Å². The predicted molar refractivity (Wildman–Crippen MR) is 167 cm³/mol. The molecule has 11 heteroatoms. The third kappa shape index (κ3) is 6.78. The molecule has 0 radical (unpaired) electrons. The van der Waals surface area contributed by atoms with Gasteiger partial charge in [-0.3, -0.25) is 24.2 Å². The molecule has 2 fully saturated rings. The van der Waals surface area contributed by atoms with E-state index in [1.165, 1.54) is 5.01 Å². The van der Waals surface area contributed by atoms with Gasteiger partial charge in [0.15, 0.2) is 0 Å². The van der Waals surface area contributed by atoms with E-state index in [0.29, 0.717) is 37.9 Å². The number of esters is 1. The van der Waals surface area contributed by atoms with Gasteiger partial charge in [0, 0.05) is 11.9 Å². The lowest BCUT2D eigenvalue weighted by Crippen LogP contribution is -2.61. The smallest absolute Gasteiger partial charge is 0.325 e. The van der Waals surface area contributed by atoms with Crippen LogP contribution in [0.4, 0.5) is 0 Å². The van der Waals surface area contributed by atoms with E-state index in [-0.39, 0.29) is 17.7 Å². The van der Waals surface area contributed by atoms with Crippen molar-refractivity contribution >= 4 is 40.7 Å². The summed E-state index contributed by atoms with van der Waals surface area (Å²) in [5, 5.41) is 8.17. The fourth-order valence-electron chi connectivity index (χ4n) is 6.07. The van der Waals surface area contributed by atoms with Crippen LogP contribution >= 0.6 is 0 Å². The predicted octanol–water partition coefficient (Wildman–Crippen LogP) is 2.72. The summed E-state index contributed by atoms with van der Waals surface area (Å²) in [6.07, 6.45) is 5.63. The minimum Gasteiger partial charge on any atom is -0.455 e. The fourth-order valence-corrected chi connectivity index (χ4v) is 6.07. The summed E-state index contributed by atoms with van der Waals surface area (Å²) in [6.45, 7) is 9.00. The van der Waals surface area contributed by atoms with E-state index < -0.39 is 41.5 Å². The summed E-state index contributed by atoms with van der Waals surface area (Å²) < 4.78 is 5.80.